The molecule has 138 valence electrons. The van der Waals surface area contributed by atoms with Crippen LogP contribution in [0.5, 0.6) is 11.5 Å². The number of benzene rings is 2. The minimum atomic E-state index is -0.769. The van der Waals surface area contributed by atoms with Crippen LogP contribution in [0.2, 0.25) is 0 Å². The number of carbonyl (C=O) groups excluding carboxylic acids is 1. The Morgan fingerprint density at radius 2 is 2.00 bits per heavy atom. The van der Waals surface area contributed by atoms with E-state index in [2.05, 4.69) is 4.74 Å². The van der Waals surface area contributed by atoms with Gasteiger partial charge in [-0.2, -0.15) is 0 Å². The lowest BCUT2D eigenvalue weighted by molar-refractivity contribution is 0.120. The lowest BCUT2D eigenvalue weighted by atomic mass is 10.0. The Labute approximate surface area is 152 Å². The maximum Gasteiger partial charge on any atom is 0.513 e. The molecule has 4 nitrogen and oxygen atoms in total. The van der Waals surface area contributed by atoms with Crippen LogP contribution in [0.1, 0.15) is 47.9 Å². The van der Waals surface area contributed by atoms with Gasteiger partial charge in [0.25, 0.3) is 0 Å². The Hall–Kier alpha value is -2.56. The van der Waals surface area contributed by atoms with Gasteiger partial charge in [0.05, 0.1) is 7.11 Å². The summed E-state index contributed by atoms with van der Waals surface area (Å²) >= 11 is 0. The number of aryl methyl sites for hydroxylation is 2. The molecule has 1 aliphatic rings. The number of halogens is 1. The van der Waals surface area contributed by atoms with Crippen molar-refractivity contribution in [1.82, 2.24) is 0 Å². The fourth-order valence-corrected chi connectivity index (χ4v) is 3.02. The van der Waals surface area contributed by atoms with Crippen molar-refractivity contribution in [2.45, 2.75) is 45.6 Å². The van der Waals surface area contributed by atoms with Crippen molar-refractivity contribution in [2.75, 3.05) is 7.11 Å². The predicted octanol–water partition coefficient (Wildman–Crippen LogP) is 5.30. The molecule has 1 aliphatic carbocycles. The Kier molecular flexibility index (Phi) is 5.45. The van der Waals surface area contributed by atoms with Crippen LogP contribution in [0.3, 0.4) is 0 Å². The van der Waals surface area contributed by atoms with Gasteiger partial charge in [0.2, 0.25) is 0 Å². The minimum absolute atomic E-state index is 0.203. The van der Waals surface area contributed by atoms with Gasteiger partial charge < -0.3 is 14.2 Å². The van der Waals surface area contributed by atoms with Crippen LogP contribution in [-0.2, 0) is 17.8 Å². The van der Waals surface area contributed by atoms with Crippen LogP contribution in [-0.4, -0.2) is 13.3 Å². The normalized spacial score (nSPS) is 13.4. The van der Waals surface area contributed by atoms with Gasteiger partial charge in [-0.05, 0) is 60.9 Å². The summed E-state index contributed by atoms with van der Waals surface area (Å²) in [7, 11) is 1.27. The smallest absolute Gasteiger partial charge is 0.488 e. The Morgan fingerprint density at radius 3 is 2.65 bits per heavy atom. The van der Waals surface area contributed by atoms with Crippen LogP contribution >= 0.6 is 0 Å². The fraction of sp³-hybridized carbons (Fsp3) is 0.381. The Morgan fingerprint density at radius 1 is 1.23 bits per heavy atom. The first-order valence-electron chi connectivity index (χ1n) is 8.82. The minimum Gasteiger partial charge on any atom is -0.488 e. The number of hydrogen-bond donors (Lipinski definition) is 0. The van der Waals surface area contributed by atoms with Crippen molar-refractivity contribution in [1.29, 1.82) is 0 Å². The molecule has 3 rings (SSSR count). The predicted molar refractivity (Wildman–Crippen MR) is 96.3 cm³/mol. The summed E-state index contributed by atoms with van der Waals surface area (Å²) in [6.45, 7) is 3.95. The fourth-order valence-electron chi connectivity index (χ4n) is 3.02. The zero-order chi connectivity index (χ0) is 18.7. The van der Waals surface area contributed by atoms with Crippen molar-refractivity contribution in [3.63, 3.8) is 0 Å². The summed E-state index contributed by atoms with van der Waals surface area (Å²) in [6.07, 6.45) is 2.18. The molecule has 0 aromatic heterocycles. The molecule has 2 aromatic rings. The lowest BCUT2D eigenvalue weighted by Gasteiger charge is -2.17. The van der Waals surface area contributed by atoms with E-state index in [0.29, 0.717) is 23.0 Å². The van der Waals surface area contributed by atoms with E-state index in [1.807, 2.05) is 25.1 Å². The molecule has 0 atom stereocenters. The topological polar surface area (TPSA) is 44.8 Å². The number of methoxy groups -OCH3 is 1. The third kappa shape index (κ3) is 3.98. The van der Waals surface area contributed by atoms with Crippen LogP contribution < -0.4 is 9.47 Å². The standard InChI is InChI=1S/C21H23FO4/c1-4-14-10-13(2)18(22)11-20(14)25-12-17-16(15-8-9-15)6-5-7-19(17)26-21(23)24-3/h5-7,10-11,15H,4,8-9,12H2,1-3H3. The van der Waals surface area contributed by atoms with Crippen LogP contribution in [0.25, 0.3) is 0 Å². The molecule has 0 bridgehead atoms. The van der Waals surface area contributed by atoms with E-state index in [1.165, 1.54) is 13.2 Å². The molecule has 0 unspecified atom stereocenters. The number of carbonyl (C=O) groups is 1. The number of hydrogen-bond acceptors (Lipinski definition) is 4. The molecule has 0 saturated heterocycles. The van der Waals surface area contributed by atoms with Crippen molar-refractivity contribution >= 4 is 6.16 Å². The summed E-state index contributed by atoms with van der Waals surface area (Å²) in [5.41, 5.74) is 3.46. The highest BCUT2D eigenvalue weighted by Crippen LogP contribution is 2.44. The van der Waals surface area contributed by atoms with Crippen molar-refractivity contribution < 1.29 is 23.4 Å². The molecule has 0 heterocycles. The molecule has 2 aromatic carbocycles. The third-order valence-corrected chi connectivity index (χ3v) is 4.64. The van der Waals surface area contributed by atoms with E-state index in [1.54, 1.807) is 13.0 Å². The van der Waals surface area contributed by atoms with Gasteiger partial charge in [0, 0.05) is 11.6 Å². The lowest BCUT2D eigenvalue weighted by Crippen LogP contribution is -2.11. The highest BCUT2D eigenvalue weighted by Gasteiger charge is 2.28. The maximum absolute atomic E-state index is 14.0. The third-order valence-electron chi connectivity index (χ3n) is 4.64. The molecule has 0 aliphatic heterocycles. The molecule has 0 spiro atoms. The van der Waals surface area contributed by atoms with Crippen LogP contribution in [0, 0.1) is 12.7 Å². The van der Waals surface area contributed by atoms with Crippen LogP contribution in [0.15, 0.2) is 30.3 Å². The molecule has 0 N–H and O–H groups in total. The van der Waals surface area contributed by atoms with Gasteiger partial charge in [-0.25, -0.2) is 9.18 Å². The molecule has 0 amide bonds. The molecule has 5 heteroatoms. The molecule has 1 fully saturated rings. The largest absolute Gasteiger partial charge is 0.513 e. The SMILES string of the molecule is CCc1cc(C)c(F)cc1OCc1c(OC(=O)OC)cccc1C1CC1. The second-order valence-electron chi connectivity index (χ2n) is 6.51. The average Bonchev–Trinajstić information content (AvgIpc) is 3.47. The molecular formula is C21H23FO4. The maximum atomic E-state index is 14.0. The summed E-state index contributed by atoms with van der Waals surface area (Å²) in [6, 6.07) is 8.84. The summed E-state index contributed by atoms with van der Waals surface area (Å²) in [5.74, 6) is 1.10. The van der Waals surface area contributed by atoms with E-state index in [4.69, 9.17) is 9.47 Å². The Bertz CT molecular complexity index is 812. The van der Waals surface area contributed by atoms with Gasteiger partial charge in [0.1, 0.15) is 23.9 Å². The molecule has 26 heavy (non-hydrogen) atoms. The van der Waals surface area contributed by atoms with Gasteiger partial charge in [-0.1, -0.05) is 19.1 Å². The molecular weight excluding hydrogens is 335 g/mol. The van der Waals surface area contributed by atoms with E-state index in [-0.39, 0.29) is 12.4 Å². The van der Waals surface area contributed by atoms with Gasteiger partial charge in [0.15, 0.2) is 0 Å². The second-order valence-corrected chi connectivity index (χ2v) is 6.51. The second kappa shape index (κ2) is 7.77. The van der Waals surface area contributed by atoms with E-state index >= 15 is 0 Å². The number of rotatable bonds is 6. The first-order chi connectivity index (χ1) is 12.5. The van der Waals surface area contributed by atoms with E-state index in [9.17, 15) is 9.18 Å². The highest BCUT2D eigenvalue weighted by atomic mass is 19.1. The first-order valence-corrected chi connectivity index (χ1v) is 8.82. The molecule has 1 saturated carbocycles. The number of ether oxygens (including phenoxy) is 3. The zero-order valence-corrected chi connectivity index (χ0v) is 15.3. The van der Waals surface area contributed by atoms with Crippen molar-refractivity contribution in [3.8, 4) is 11.5 Å². The molecule has 0 radical (unpaired) electrons. The summed E-state index contributed by atoms with van der Waals surface area (Å²) < 4.78 is 29.8. The average molecular weight is 358 g/mol. The van der Waals surface area contributed by atoms with Gasteiger partial charge >= 0.3 is 6.16 Å². The zero-order valence-electron chi connectivity index (χ0n) is 15.3. The van der Waals surface area contributed by atoms with Crippen LogP contribution in [0.4, 0.5) is 9.18 Å². The quantitative estimate of drug-likeness (QED) is 0.519. The first kappa shape index (κ1) is 18.2. The monoisotopic (exact) mass is 358 g/mol. The summed E-state index contributed by atoms with van der Waals surface area (Å²) in [5, 5.41) is 0. The van der Waals surface area contributed by atoms with E-state index < -0.39 is 6.16 Å². The van der Waals surface area contributed by atoms with Crippen molar-refractivity contribution in [3.05, 3.63) is 58.4 Å². The summed E-state index contributed by atoms with van der Waals surface area (Å²) in [4.78, 5) is 11.6. The van der Waals surface area contributed by atoms with E-state index in [0.717, 1.165) is 36.0 Å². The van der Waals surface area contributed by atoms with Gasteiger partial charge in [-0.15, -0.1) is 0 Å². The Balaban J connectivity index is 1.89. The van der Waals surface area contributed by atoms with Crippen molar-refractivity contribution in [2.24, 2.45) is 0 Å². The highest BCUT2D eigenvalue weighted by molar-refractivity contribution is 5.65. The van der Waals surface area contributed by atoms with Gasteiger partial charge in [-0.3, -0.25) is 0 Å².